The van der Waals surface area contributed by atoms with Crippen molar-refractivity contribution >= 4 is 11.7 Å². The Morgan fingerprint density at radius 2 is 2.36 bits per heavy atom. The second kappa shape index (κ2) is 5.11. The van der Waals surface area contributed by atoms with Crippen LogP contribution in [0.5, 0.6) is 5.75 Å². The van der Waals surface area contributed by atoms with Gasteiger partial charge < -0.3 is 15.2 Å². The molecule has 0 aromatic heterocycles. The quantitative estimate of drug-likeness (QED) is 0.749. The molecule has 0 saturated carbocycles. The maximum absolute atomic E-state index is 10.2. The lowest BCUT2D eigenvalue weighted by Crippen LogP contribution is -2.07. The van der Waals surface area contributed by atoms with E-state index in [1.54, 1.807) is 7.11 Å². The molecule has 0 bridgehead atoms. The highest BCUT2D eigenvalue weighted by atomic mass is 16.5. The minimum Gasteiger partial charge on any atom is -0.497 e. The van der Waals surface area contributed by atoms with E-state index in [4.69, 9.17) is 9.84 Å². The molecule has 1 rings (SSSR count). The molecular formula is C10H13NO3. The summed E-state index contributed by atoms with van der Waals surface area (Å²) in [6.07, 6.45) is 0.108. The predicted molar refractivity (Wildman–Crippen MR) is 53.7 cm³/mol. The van der Waals surface area contributed by atoms with Crippen molar-refractivity contribution in [1.82, 2.24) is 0 Å². The summed E-state index contributed by atoms with van der Waals surface area (Å²) in [5.74, 6) is -0.0503. The SMILES string of the molecule is COc1cccc(NCCC(=O)O)c1. The first-order valence-electron chi connectivity index (χ1n) is 4.32. The molecule has 0 spiro atoms. The number of carbonyl (C=O) groups is 1. The van der Waals surface area contributed by atoms with E-state index in [1.807, 2.05) is 24.3 Å². The number of carboxylic acids is 1. The van der Waals surface area contributed by atoms with Crippen LogP contribution in [0.2, 0.25) is 0 Å². The van der Waals surface area contributed by atoms with Crippen LogP contribution in [0.1, 0.15) is 6.42 Å². The summed E-state index contributed by atoms with van der Waals surface area (Å²) in [7, 11) is 1.59. The summed E-state index contributed by atoms with van der Waals surface area (Å²) in [6.45, 7) is 0.419. The molecule has 4 heteroatoms. The van der Waals surface area contributed by atoms with E-state index in [0.717, 1.165) is 11.4 Å². The first-order chi connectivity index (χ1) is 6.72. The molecule has 0 heterocycles. The Morgan fingerprint density at radius 3 is 3.00 bits per heavy atom. The largest absolute Gasteiger partial charge is 0.497 e. The zero-order valence-corrected chi connectivity index (χ0v) is 7.99. The fourth-order valence-corrected chi connectivity index (χ4v) is 1.05. The average molecular weight is 195 g/mol. The van der Waals surface area contributed by atoms with E-state index in [2.05, 4.69) is 5.32 Å². The van der Waals surface area contributed by atoms with Crippen molar-refractivity contribution in [3.05, 3.63) is 24.3 Å². The fourth-order valence-electron chi connectivity index (χ4n) is 1.05. The van der Waals surface area contributed by atoms with Gasteiger partial charge in [0.1, 0.15) is 5.75 Å². The maximum Gasteiger partial charge on any atom is 0.305 e. The van der Waals surface area contributed by atoms with Crippen molar-refractivity contribution in [1.29, 1.82) is 0 Å². The first kappa shape index (κ1) is 10.4. The molecule has 0 amide bonds. The molecule has 0 aliphatic heterocycles. The predicted octanol–water partition coefficient (Wildman–Crippen LogP) is 1.58. The molecule has 0 unspecified atom stereocenters. The number of carboxylic acid groups (broad SMARTS) is 1. The van der Waals surface area contributed by atoms with Crippen molar-refractivity contribution in [3.63, 3.8) is 0 Å². The van der Waals surface area contributed by atoms with Crippen LogP contribution >= 0.6 is 0 Å². The second-order valence-corrected chi connectivity index (χ2v) is 2.80. The van der Waals surface area contributed by atoms with E-state index in [0.29, 0.717) is 6.54 Å². The van der Waals surface area contributed by atoms with E-state index in [1.165, 1.54) is 0 Å². The number of ether oxygens (including phenoxy) is 1. The lowest BCUT2D eigenvalue weighted by atomic mass is 10.3. The van der Waals surface area contributed by atoms with Crippen molar-refractivity contribution < 1.29 is 14.6 Å². The van der Waals surface area contributed by atoms with Crippen molar-refractivity contribution in [2.75, 3.05) is 19.0 Å². The van der Waals surface area contributed by atoms with Gasteiger partial charge in [-0.25, -0.2) is 0 Å². The highest BCUT2D eigenvalue weighted by Crippen LogP contribution is 2.16. The Bertz CT molecular complexity index is 312. The molecular weight excluding hydrogens is 182 g/mol. The number of rotatable bonds is 5. The summed E-state index contributed by atoms with van der Waals surface area (Å²) >= 11 is 0. The van der Waals surface area contributed by atoms with Gasteiger partial charge in [-0.3, -0.25) is 4.79 Å². The van der Waals surface area contributed by atoms with Crippen LogP contribution in [0.25, 0.3) is 0 Å². The van der Waals surface area contributed by atoms with Gasteiger partial charge in [0.05, 0.1) is 13.5 Å². The summed E-state index contributed by atoms with van der Waals surface area (Å²) in [6, 6.07) is 7.37. The average Bonchev–Trinajstić information content (AvgIpc) is 2.18. The highest BCUT2D eigenvalue weighted by Gasteiger charge is 1.97. The molecule has 2 N–H and O–H groups in total. The Morgan fingerprint density at radius 1 is 1.57 bits per heavy atom. The molecule has 14 heavy (non-hydrogen) atoms. The summed E-state index contributed by atoms with van der Waals surface area (Å²) in [4.78, 5) is 10.2. The molecule has 4 nitrogen and oxygen atoms in total. The van der Waals surface area contributed by atoms with Gasteiger partial charge in [-0.15, -0.1) is 0 Å². The normalized spacial score (nSPS) is 9.50. The summed E-state index contributed by atoms with van der Waals surface area (Å²) < 4.78 is 5.03. The number of hydrogen-bond donors (Lipinski definition) is 2. The summed E-state index contributed by atoms with van der Waals surface area (Å²) in [5.41, 5.74) is 0.866. The number of benzene rings is 1. The first-order valence-corrected chi connectivity index (χ1v) is 4.32. The van der Waals surface area contributed by atoms with Crippen LogP contribution in [0, 0.1) is 0 Å². The highest BCUT2D eigenvalue weighted by molar-refractivity contribution is 5.67. The smallest absolute Gasteiger partial charge is 0.305 e. The number of anilines is 1. The Labute approximate surface area is 82.5 Å². The van der Waals surface area contributed by atoms with E-state index >= 15 is 0 Å². The van der Waals surface area contributed by atoms with Crippen molar-refractivity contribution in [2.24, 2.45) is 0 Å². The molecule has 1 aromatic rings. The monoisotopic (exact) mass is 195 g/mol. The van der Waals surface area contributed by atoms with Gasteiger partial charge in [0, 0.05) is 18.3 Å². The van der Waals surface area contributed by atoms with Crippen LogP contribution < -0.4 is 10.1 Å². The van der Waals surface area contributed by atoms with Gasteiger partial charge in [0.15, 0.2) is 0 Å². The lowest BCUT2D eigenvalue weighted by molar-refractivity contribution is -0.136. The molecule has 0 saturated heterocycles. The zero-order valence-electron chi connectivity index (χ0n) is 7.99. The molecule has 1 aromatic carbocycles. The van der Waals surface area contributed by atoms with Gasteiger partial charge >= 0.3 is 5.97 Å². The minimum absolute atomic E-state index is 0.108. The van der Waals surface area contributed by atoms with E-state index < -0.39 is 5.97 Å². The van der Waals surface area contributed by atoms with Crippen LogP contribution in [0.15, 0.2) is 24.3 Å². The molecule has 0 atom stereocenters. The van der Waals surface area contributed by atoms with Gasteiger partial charge in [0.25, 0.3) is 0 Å². The number of nitrogens with one attached hydrogen (secondary N) is 1. The summed E-state index contributed by atoms with van der Waals surface area (Å²) in [5, 5.41) is 11.4. The van der Waals surface area contributed by atoms with Gasteiger partial charge in [0.2, 0.25) is 0 Å². The lowest BCUT2D eigenvalue weighted by Gasteiger charge is -2.06. The molecule has 0 radical (unpaired) electrons. The third-order valence-corrected chi connectivity index (χ3v) is 1.74. The molecule has 0 aliphatic rings. The topological polar surface area (TPSA) is 58.6 Å². The standard InChI is InChI=1S/C10H13NO3/c1-14-9-4-2-3-8(7-9)11-6-5-10(12)13/h2-4,7,11H,5-6H2,1H3,(H,12,13). The second-order valence-electron chi connectivity index (χ2n) is 2.80. The van der Waals surface area contributed by atoms with Gasteiger partial charge in [-0.2, -0.15) is 0 Å². The van der Waals surface area contributed by atoms with Gasteiger partial charge in [-0.1, -0.05) is 6.07 Å². The molecule has 0 fully saturated rings. The third-order valence-electron chi connectivity index (χ3n) is 1.74. The maximum atomic E-state index is 10.2. The minimum atomic E-state index is -0.805. The third kappa shape index (κ3) is 3.35. The number of hydrogen-bond acceptors (Lipinski definition) is 3. The number of aliphatic carboxylic acids is 1. The Balaban J connectivity index is 2.46. The van der Waals surface area contributed by atoms with Crippen molar-refractivity contribution in [2.45, 2.75) is 6.42 Å². The fraction of sp³-hybridized carbons (Fsp3) is 0.300. The van der Waals surface area contributed by atoms with Crippen molar-refractivity contribution in [3.8, 4) is 5.75 Å². The molecule has 76 valence electrons. The number of methoxy groups -OCH3 is 1. The Kier molecular flexibility index (Phi) is 3.79. The van der Waals surface area contributed by atoms with Crippen LogP contribution in [0.4, 0.5) is 5.69 Å². The van der Waals surface area contributed by atoms with Crippen LogP contribution in [-0.2, 0) is 4.79 Å². The molecule has 0 aliphatic carbocycles. The zero-order chi connectivity index (χ0) is 10.4. The van der Waals surface area contributed by atoms with Gasteiger partial charge in [-0.05, 0) is 12.1 Å². The van der Waals surface area contributed by atoms with E-state index in [9.17, 15) is 4.79 Å². The van der Waals surface area contributed by atoms with Crippen LogP contribution in [0.3, 0.4) is 0 Å². The van der Waals surface area contributed by atoms with Crippen LogP contribution in [-0.4, -0.2) is 24.7 Å². The van der Waals surface area contributed by atoms with E-state index in [-0.39, 0.29) is 6.42 Å². The Hall–Kier alpha value is -1.71.